The van der Waals surface area contributed by atoms with E-state index in [1.165, 1.54) is 12.1 Å². The number of carbonyl (C=O) groups excluding carboxylic acids is 1. The SMILES string of the molecule is CC1(C)CC(=O)C=C(Cc2ccc(F)cc2F)C1. The molecule has 0 heterocycles. The van der Waals surface area contributed by atoms with Gasteiger partial charge in [-0.3, -0.25) is 4.79 Å². The lowest BCUT2D eigenvalue weighted by molar-refractivity contribution is -0.117. The molecule has 0 aromatic heterocycles. The van der Waals surface area contributed by atoms with Crippen LogP contribution in [0.1, 0.15) is 32.3 Å². The van der Waals surface area contributed by atoms with Gasteiger partial charge in [-0.25, -0.2) is 8.78 Å². The molecule has 1 aliphatic rings. The van der Waals surface area contributed by atoms with E-state index in [-0.39, 0.29) is 11.2 Å². The molecule has 0 saturated heterocycles. The normalized spacial score (nSPS) is 18.7. The van der Waals surface area contributed by atoms with Crippen LogP contribution in [0.5, 0.6) is 0 Å². The first-order valence-corrected chi connectivity index (χ1v) is 6.02. The van der Waals surface area contributed by atoms with Crippen LogP contribution < -0.4 is 0 Å². The van der Waals surface area contributed by atoms with E-state index >= 15 is 0 Å². The fourth-order valence-corrected chi connectivity index (χ4v) is 2.50. The highest BCUT2D eigenvalue weighted by Crippen LogP contribution is 2.35. The van der Waals surface area contributed by atoms with Gasteiger partial charge in [0, 0.05) is 12.5 Å². The first-order chi connectivity index (χ1) is 8.35. The Bertz CT molecular complexity index is 515. The summed E-state index contributed by atoms with van der Waals surface area (Å²) in [6.45, 7) is 4.05. The van der Waals surface area contributed by atoms with E-state index in [4.69, 9.17) is 0 Å². The zero-order chi connectivity index (χ0) is 13.3. The van der Waals surface area contributed by atoms with E-state index in [0.29, 0.717) is 18.4 Å². The van der Waals surface area contributed by atoms with Crippen LogP contribution in [0.25, 0.3) is 0 Å². The summed E-state index contributed by atoms with van der Waals surface area (Å²) in [5.74, 6) is -1.04. The Morgan fingerprint density at radius 3 is 2.56 bits per heavy atom. The van der Waals surface area contributed by atoms with E-state index in [1.54, 1.807) is 6.08 Å². The molecule has 18 heavy (non-hydrogen) atoms. The molecule has 0 N–H and O–H groups in total. The van der Waals surface area contributed by atoms with Gasteiger partial charge in [-0.05, 0) is 36.0 Å². The minimum Gasteiger partial charge on any atom is -0.295 e. The van der Waals surface area contributed by atoms with Crippen molar-refractivity contribution in [3.63, 3.8) is 0 Å². The van der Waals surface area contributed by atoms with E-state index < -0.39 is 11.6 Å². The van der Waals surface area contributed by atoms with Crippen LogP contribution >= 0.6 is 0 Å². The molecule has 1 aliphatic carbocycles. The van der Waals surface area contributed by atoms with E-state index in [1.807, 2.05) is 13.8 Å². The molecule has 2 rings (SSSR count). The molecule has 0 bridgehead atoms. The maximum Gasteiger partial charge on any atom is 0.156 e. The Morgan fingerprint density at radius 1 is 1.22 bits per heavy atom. The molecular weight excluding hydrogens is 234 g/mol. The van der Waals surface area contributed by atoms with Gasteiger partial charge in [0.15, 0.2) is 5.78 Å². The molecule has 1 aromatic rings. The fraction of sp³-hybridized carbons (Fsp3) is 0.400. The molecule has 0 atom stereocenters. The number of halogens is 2. The molecular formula is C15H16F2O. The molecule has 0 fully saturated rings. The van der Waals surface area contributed by atoms with Crippen molar-refractivity contribution < 1.29 is 13.6 Å². The lowest BCUT2D eigenvalue weighted by atomic mass is 9.75. The molecule has 0 radical (unpaired) electrons. The Labute approximate surface area is 106 Å². The highest BCUT2D eigenvalue weighted by molar-refractivity contribution is 5.91. The van der Waals surface area contributed by atoms with Crippen molar-refractivity contribution in [2.24, 2.45) is 5.41 Å². The highest BCUT2D eigenvalue weighted by atomic mass is 19.1. The summed E-state index contributed by atoms with van der Waals surface area (Å²) < 4.78 is 26.3. The Balaban J connectivity index is 2.21. The predicted octanol–water partition coefficient (Wildman–Crippen LogP) is 3.82. The van der Waals surface area contributed by atoms with Crippen LogP contribution in [0, 0.1) is 17.0 Å². The van der Waals surface area contributed by atoms with Crippen molar-refractivity contribution in [2.45, 2.75) is 33.1 Å². The van der Waals surface area contributed by atoms with Gasteiger partial charge >= 0.3 is 0 Å². The van der Waals surface area contributed by atoms with Crippen LogP contribution in [-0.2, 0) is 11.2 Å². The van der Waals surface area contributed by atoms with Gasteiger partial charge in [0.2, 0.25) is 0 Å². The molecule has 1 nitrogen and oxygen atoms in total. The number of allylic oxidation sites excluding steroid dienone is 2. The maximum absolute atomic E-state index is 13.5. The van der Waals surface area contributed by atoms with Crippen molar-refractivity contribution in [3.8, 4) is 0 Å². The second kappa shape index (κ2) is 4.63. The average Bonchev–Trinajstić information content (AvgIpc) is 2.19. The third-order valence-corrected chi connectivity index (χ3v) is 3.16. The van der Waals surface area contributed by atoms with Crippen LogP contribution in [-0.4, -0.2) is 5.78 Å². The highest BCUT2D eigenvalue weighted by Gasteiger charge is 2.27. The van der Waals surface area contributed by atoms with Crippen LogP contribution in [0.3, 0.4) is 0 Å². The molecule has 0 spiro atoms. The van der Waals surface area contributed by atoms with E-state index in [9.17, 15) is 13.6 Å². The summed E-state index contributed by atoms with van der Waals surface area (Å²) in [5, 5.41) is 0. The Kier molecular flexibility index (Phi) is 3.33. The molecule has 3 heteroatoms. The van der Waals surface area contributed by atoms with Crippen LogP contribution in [0.15, 0.2) is 29.8 Å². The Hall–Kier alpha value is -1.51. The summed E-state index contributed by atoms with van der Waals surface area (Å²) in [6.07, 6.45) is 3.29. The van der Waals surface area contributed by atoms with Crippen molar-refractivity contribution in [1.82, 2.24) is 0 Å². The van der Waals surface area contributed by atoms with Crippen molar-refractivity contribution in [3.05, 3.63) is 47.0 Å². The smallest absolute Gasteiger partial charge is 0.156 e. The van der Waals surface area contributed by atoms with Crippen molar-refractivity contribution in [1.29, 1.82) is 0 Å². The van der Waals surface area contributed by atoms with Gasteiger partial charge in [-0.1, -0.05) is 25.5 Å². The van der Waals surface area contributed by atoms with Gasteiger partial charge < -0.3 is 0 Å². The molecule has 0 saturated carbocycles. The van der Waals surface area contributed by atoms with Gasteiger partial charge in [0.25, 0.3) is 0 Å². The molecule has 0 unspecified atom stereocenters. The summed E-state index contributed by atoms with van der Waals surface area (Å²) in [6, 6.07) is 3.57. The minimum absolute atomic E-state index is 0.0718. The second-order valence-corrected chi connectivity index (χ2v) is 5.70. The molecule has 1 aromatic carbocycles. The van der Waals surface area contributed by atoms with E-state index in [2.05, 4.69) is 0 Å². The maximum atomic E-state index is 13.5. The molecule has 0 amide bonds. The third kappa shape index (κ3) is 3.03. The quantitative estimate of drug-likeness (QED) is 0.779. The standard InChI is InChI=1S/C15H16F2O/c1-15(2)8-10(6-13(18)9-15)5-11-3-4-12(16)7-14(11)17/h3-4,6-7H,5,8-9H2,1-2H3. The van der Waals surface area contributed by atoms with Gasteiger partial charge in [0.05, 0.1) is 0 Å². The average molecular weight is 250 g/mol. The lowest BCUT2D eigenvalue weighted by Crippen LogP contribution is -2.22. The first-order valence-electron chi connectivity index (χ1n) is 6.02. The van der Waals surface area contributed by atoms with Gasteiger partial charge in [0.1, 0.15) is 11.6 Å². The zero-order valence-corrected chi connectivity index (χ0v) is 10.6. The molecule has 0 aliphatic heterocycles. The van der Waals surface area contributed by atoms with Gasteiger partial charge in [-0.2, -0.15) is 0 Å². The topological polar surface area (TPSA) is 17.1 Å². The largest absolute Gasteiger partial charge is 0.295 e. The van der Waals surface area contributed by atoms with Gasteiger partial charge in [-0.15, -0.1) is 0 Å². The third-order valence-electron chi connectivity index (χ3n) is 3.16. The second-order valence-electron chi connectivity index (χ2n) is 5.70. The monoisotopic (exact) mass is 250 g/mol. The number of carbonyl (C=O) groups is 1. The van der Waals surface area contributed by atoms with Crippen molar-refractivity contribution in [2.75, 3.05) is 0 Å². The summed E-state index contributed by atoms with van der Waals surface area (Å²) in [4.78, 5) is 11.6. The lowest BCUT2D eigenvalue weighted by Gasteiger charge is -2.28. The minimum atomic E-state index is -0.578. The zero-order valence-electron chi connectivity index (χ0n) is 10.6. The number of ketones is 1. The van der Waals surface area contributed by atoms with Crippen LogP contribution in [0.2, 0.25) is 0 Å². The number of hydrogen-bond donors (Lipinski definition) is 0. The Morgan fingerprint density at radius 2 is 1.94 bits per heavy atom. The van der Waals surface area contributed by atoms with Crippen LogP contribution in [0.4, 0.5) is 8.78 Å². The number of hydrogen-bond acceptors (Lipinski definition) is 1. The van der Waals surface area contributed by atoms with Crippen molar-refractivity contribution >= 4 is 5.78 Å². The molecule has 96 valence electrons. The first kappa shape index (κ1) is 12.9. The summed E-state index contributed by atoms with van der Waals surface area (Å²) in [7, 11) is 0. The predicted molar refractivity (Wildman–Crippen MR) is 66.2 cm³/mol. The number of benzene rings is 1. The summed E-state index contributed by atoms with van der Waals surface area (Å²) >= 11 is 0. The summed E-state index contributed by atoms with van der Waals surface area (Å²) in [5.41, 5.74) is 1.28. The fourth-order valence-electron chi connectivity index (χ4n) is 2.50. The van der Waals surface area contributed by atoms with E-state index in [0.717, 1.165) is 18.1 Å². The number of rotatable bonds is 2.